The number of nitrogens with one attached hydrogen (secondary N) is 1. The summed E-state index contributed by atoms with van der Waals surface area (Å²) in [6.07, 6.45) is 2.72. The van der Waals surface area contributed by atoms with Gasteiger partial charge < -0.3 is 19.2 Å². The van der Waals surface area contributed by atoms with E-state index in [1.807, 2.05) is 19.9 Å². The van der Waals surface area contributed by atoms with E-state index in [0.717, 1.165) is 55.0 Å². The van der Waals surface area contributed by atoms with Gasteiger partial charge in [-0.25, -0.2) is 0 Å². The Labute approximate surface area is 141 Å². The van der Waals surface area contributed by atoms with Crippen LogP contribution in [0.2, 0.25) is 0 Å². The van der Waals surface area contributed by atoms with Gasteiger partial charge in [0.1, 0.15) is 17.1 Å². The maximum Gasteiger partial charge on any atom is 0.195 e. The monoisotopic (exact) mass is 331 g/mol. The smallest absolute Gasteiger partial charge is 0.195 e. The van der Waals surface area contributed by atoms with Crippen LogP contribution in [0, 0.1) is 6.92 Å². The predicted molar refractivity (Wildman–Crippen MR) is 93.9 cm³/mol. The zero-order chi connectivity index (χ0) is 17.1. The molecule has 1 aliphatic rings. The molecule has 0 aliphatic carbocycles. The number of hydrogen-bond donors (Lipinski definition) is 1. The minimum absolute atomic E-state index is 0.0674. The van der Waals surface area contributed by atoms with Gasteiger partial charge in [0.25, 0.3) is 0 Å². The van der Waals surface area contributed by atoms with E-state index in [1.165, 1.54) is 0 Å². The highest BCUT2D eigenvalue weighted by Gasteiger charge is 2.23. The summed E-state index contributed by atoms with van der Waals surface area (Å²) in [5.41, 5.74) is 2.40. The number of ether oxygens (including phenoxy) is 2. The Morgan fingerprint density at radius 2 is 2.04 bits per heavy atom. The molecule has 1 saturated heterocycles. The minimum Gasteiger partial charge on any atom is -0.467 e. The molecule has 5 nitrogen and oxygen atoms in total. The lowest BCUT2D eigenvalue weighted by Crippen LogP contribution is -2.27. The van der Waals surface area contributed by atoms with Crippen molar-refractivity contribution in [2.45, 2.75) is 39.0 Å². The average Bonchev–Trinajstić information content (AvgIpc) is 2.63. The molecule has 1 aliphatic heterocycles. The van der Waals surface area contributed by atoms with Crippen LogP contribution in [-0.4, -0.2) is 27.0 Å². The van der Waals surface area contributed by atoms with Crippen LogP contribution in [0.4, 0.5) is 0 Å². The second kappa shape index (κ2) is 7.36. The van der Waals surface area contributed by atoms with Crippen molar-refractivity contribution in [2.24, 2.45) is 0 Å². The molecule has 0 atom stereocenters. The highest BCUT2D eigenvalue weighted by molar-refractivity contribution is 5.83. The molecule has 2 aromatic rings. The molecule has 0 amide bonds. The van der Waals surface area contributed by atoms with Crippen LogP contribution in [0.15, 0.2) is 21.3 Å². The first-order chi connectivity index (χ1) is 11.7. The molecule has 1 N–H and O–H groups in total. The fourth-order valence-electron chi connectivity index (χ4n) is 3.47. The summed E-state index contributed by atoms with van der Waals surface area (Å²) in [5, 5.41) is 3.99. The van der Waals surface area contributed by atoms with Crippen molar-refractivity contribution in [3.8, 4) is 5.75 Å². The molecule has 1 fully saturated rings. The second-order valence-electron chi connectivity index (χ2n) is 6.27. The minimum atomic E-state index is 0.0674. The number of rotatable bonds is 5. The van der Waals surface area contributed by atoms with E-state index >= 15 is 0 Å². The van der Waals surface area contributed by atoms with E-state index in [4.69, 9.17) is 13.9 Å². The third-order valence-corrected chi connectivity index (χ3v) is 4.78. The van der Waals surface area contributed by atoms with Crippen molar-refractivity contribution >= 4 is 11.0 Å². The van der Waals surface area contributed by atoms with Crippen molar-refractivity contribution in [3.05, 3.63) is 39.2 Å². The van der Waals surface area contributed by atoms with Crippen LogP contribution in [-0.2, 0) is 11.2 Å². The molecule has 1 aromatic carbocycles. The van der Waals surface area contributed by atoms with E-state index in [9.17, 15) is 4.79 Å². The quantitative estimate of drug-likeness (QED) is 0.853. The van der Waals surface area contributed by atoms with Gasteiger partial charge in [-0.2, -0.15) is 0 Å². The Hall–Kier alpha value is -1.85. The van der Waals surface area contributed by atoms with Crippen molar-refractivity contribution in [1.29, 1.82) is 0 Å². The molecule has 24 heavy (non-hydrogen) atoms. The van der Waals surface area contributed by atoms with Crippen LogP contribution in [0.3, 0.4) is 0 Å². The van der Waals surface area contributed by atoms with Crippen LogP contribution in [0.5, 0.6) is 5.75 Å². The zero-order valence-corrected chi connectivity index (χ0v) is 14.6. The lowest BCUT2D eigenvalue weighted by molar-refractivity contribution is 0.0505. The Balaban J connectivity index is 2.16. The summed E-state index contributed by atoms with van der Waals surface area (Å²) < 4.78 is 17.0. The summed E-state index contributed by atoms with van der Waals surface area (Å²) in [4.78, 5) is 12.8. The molecule has 1 aromatic heterocycles. The normalized spacial score (nSPS) is 15.8. The number of fused-ring (bicyclic) bond motifs is 1. The fourth-order valence-corrected chi connectivity index (χ4v) is 3.47. The predicted octanol–water partition coefficient (Wildman–Crippen LogP) is 3.11. The maximum atomic E-state index is 12.8. The Bertz CT molecular complexity index is 775. The van der Waals surface area contributed by atoms with Crippen LogP contribution in [0.1, 0.15) is 42.6 Å². The van der Waals surface area contributed by atoms with Gasteiger partial charge in [0.05, 0.1) is 5.39 Å². The van der Waals surface area contributed by atoms with Gasteiger partial charge in [0.2, 0.25) is 0 Å². The summed E-state index contributed by atoms with van der Waals surface area (Å²) >= 11 is 0. The van der Waals surface area contributed by atoms with Gasteiger partial charge in [0, 0.05) is 24.2 Å². The van der Waals surface area contributed by atoms with Gasteiger partial charge in [-0.1, -0.05) is 6.92 Å². The van der Waals surface area contributed by atoms with E-state index < -0.39 is 0 Å². The highest BCUT2D eigenvalue weighted by Crippen LogP contribution is 2.33. The van der Waals surface area contributed by atoms with Crippen LogP contribution >= 0.6 is 0 Å². The number of piperidine rings is 1. The molecular formula is C19H25NO4. The topological polar surface area (TPSA) is 60.7 Å². The Morgan fingerprint density at radius 3 is 2.71 bits per heavy atom. The molecule has 130 valence electrons. The Kier molecular flexibility index (Phi) is 5.21. The molecule has 0 spiro atoms. The highest BCUT2D eigenvalue weighted by atomic mass is 16.7. The third kappa shape index (κ3) is 3.06. The summed E-state index contributed by atoms with van der Waals surface area (Å²) in [7, 11) is 1.59. The van der Waals surface area contributed by atoms with Crippen LogP contribution < -0.4 is 15.5 Å². The first kappa shape index (κ1) is 17.0. The lowest BCUT2D eigenvalue weighted by atomic mass is 9.92. The summed E-state index contributed by atoms with van der Waals surface area (Å²) in [6.45, 7) is 6.02. The number of benzene rings is 1. The van der Waals surface area contributed by atoms with Crippen molar-refractivity contribution in [3.63, 3.8) is 0 Å². The second-order valence-corrected chi connectivity index (χ2v) is 6.27. The number of hydrogen-bond acceptors (Lipinski definition) is 5. The van der Waals surface area contributed by atoms with E-state index in [0.29, 0.717) is 16.9 Å². The first-order valence-electron chi connectivity index (χ1n) is 8.59. The lowest BCUT2D eigenvalue weighted by Gasteiger charge is -2.23. The molecular weight excluding hydrogens is 306 g/mol. The van der Waals surface area contributed by atoms with Crippen LogP contribution in [0.25, 0.3) is 11.0 Å². The molecule has 3 rings (SSSR count). The first-order valence-corrected chi connectivity index (χ1v) is 8.59. The fraction of sp³-hybridized carbons (Fsp3) is 0.526. The number of methoxy groups -OCH3 is 1. The summed E-state index contributed by atoms with van der Waals surface area (Å²) in [5.74, 6) is 1.86. The SMILES string of the molecule is CCc1c(OCOC)ccc2c(=O)c(C)c(C3CCNCC3)oc12. The van der Waals surface area contributed by atoms with Crippen molar-refractivity contribution in [2.75, 3.05) is 27.0 Å². The standard InChI is InChI=1S/C19H25NO4/c1-4-14-16(23-11-22-3)6-5-15-17(21)12(2)18(24-19(14)15)13-7-9-20-10-8-13/h5-6,13,20H,4,7-11H2,1-3H3. The largest absolute Gasteiger partial charge is 0.467 e. The van der Waals surface area contributed by atoms with E-state index in [-0.39, 0.29) is 12.2 Å². The van der Waals surface area contributed by atoms with Crippen molar-refractivity contribution < 1.29 is 13.9 Å². The van der Waals surface area contributed by atoms with Gasteiger partial charge in [0.15, 0.2) is 12.2 Å². The molecule has 2 heterocycles. The van der Waals surface area contributed by atoms with E-state index in [2.05, 4.69) is 5.32 Å². The zero-order valence-electron chi connectivity index (χ0n) is 14.6. The van der Waals surface area contributed by atoms with Gasteiger partial charge in [-0.05, 0) is 51.4 Å². The van der Waals surface area contributed by atoms with E-state index in [1.54, 1.807) is 13.2 Å². The summed E-state index contributed by atoms with van der Waals surface area (Å²) in [6, 6.07) is 3.63. The molecule has 5 heteroatoms. The molecule has 0 bridgehead atoms. The number of aryl methyl sites for hydroxylation is 1. The van der Waals surface area contributed by atoms with Gasteiger partial charge in [-0.3, -0.25) is 4.79 Å². The van der Waals surface area contributed by atoms with Gasteiger partial charge >= 0.3 is 0 Å². The average molecular weight is 331 g/mol. The van der Waals surface area contributed by atoms with Gasteiger partial charge in [-0.15, -0.1) is 0 Å². The molecule has 0 unspecified atom stereocenters. The third-order valence-electron chi connectivity index (χ3n) is 4.78. The molecule has 0 saturated carbocycles. The maximum absolute atomic E-state index is 12.8. The molecule has 0 radical (unpaired) electrons. The van der Waals surface area contributed by atoms with Crippen molar-refractivity contribution in [1.82, 2.24) is 5.32 Å². The Morgan fingerprint density at radius 1 is 1.29 bits per heavy atom.